The maximum atomic E-state index is 12.3. The van der Waals surface area contributed by atoms with Crippen molar-refractivity contribution in [3.8, 4) is 5.88 Å². The average Bonchev–Trinajstić information content (AvgIpc) is 2.15. The summed E-state index contributed by atoms with van der Waals surface area (Å²) in [4.78, 5) is 6.63. The molecule has 0 aromatic carbocycles. The van der Waals surface area contributed by atoms with E-state index in [-0.39, 0.29) is 0 Å². The Bertz CT molecular complexity index is 313. The van der Waals surface area contributed by atoms with Crippen molar-refractivity contribution in [3.63, 3.8) is 0 Å². The minimum Gasteiger partial charge on any atom is -0.470 e. The Hall–Kier alpha value is -1.47. The Balaban J connectivity index is 2.58. The van der Waals surface area contributed by atoms with Gasteiger partial charge in [0.1, 0.15) is 6.20 Å². The monoisotopic (exact) mass is 227 g/mol. The molecule has 0 fully saturated rings. The number of nitrogens with zero attached hydrogens (tertiary/aromatic N) is 2. The van der Waals surface area contributed by atoms with Gasteiger partial charge in [-0.2, -0.15) is 22.0 Å². The van der Waals surface area contributed by atoms with Gasteiger partial charge in [-0.05, 0) is 0 Å². The summed E-state index contributed by atoms with van der Waals surface area (Å²) < 4.78 is 63.7. The number of halogens is 5. The molecule has 0 aliphatic carbocycles. The Kier molecular flexibility index (Phi) is 3.06. The van der Waals surface area contributed by atoms with Gasteiger partial charge in [0.2, 0.25) is 5.88 Å². The van der Waals surface area contributed by atoms with Crippen LogP contribution >= 0.6 is 0 Å². The number of ether oxygens (including phenoxy) is 1. The summed E-state index contributed by atoms with van der Waals surface area (Å²) in [5.74, 6) is -5.33. The van der Waals surface area contributed by atoms with E-state index in [4.69, 9.17) is 0 Å². The maximum Gasteiger partial charge on any atom is 0.456 e. The fourth-order valence-electron chi connectivity index (χ4n) is 0.573. The molecular formula is C7H4F5N2O. The number of alkyl halides is 5. The first-order valence-electron chi connectivity index (χ1n) is 3.58. The molecule has 8 heteroatoms. The second-order valence-electron chi connectivity index (χ2n) is 2.47. The molecule has 15 heavy (non-hydrogen) atoms. The molecule has 0 amide bonds. The summed E-state index contributed by atoms with van der Waals surface area (Å²) in [5.41, 5.74) is 0. The molecule has 3 nitrogen and oxygen atoms in total. The van der Waals surface area contributed by atoms with Crippen molar-refractivity contribution in [3.05, 3.63) is 18.6 Å². The lowest BCUT2D eigenvalue weighted by molar-refractivity contribution is -0.290. The van der Waals surface area contributed by atoms with E-state index < -0.39 is 24.6 Å². The molecule has 0 bridgehead atoms. The SMILES string of the molecule is FC(F)(F)C(F)(F)COc1cn[c]cn1. The lowest BCUT2D eigenvalue weighted by atomic mass is 10.3. The minimum atomic E-state index is -5.64. The van der Waals surface area contributed by atoms with Crippen LogP contribution in [0.25, 0.3) is 0 Å². The van der Waals surface area contributed by atoms with Gasteiger partial charge in [-0.1, -0.05) is 0 Å². The van der Waals surface area contributed by atoms with Gasteiger partial charge < -0.3 is 4.74 Å². The van der Waals surface area contributed by atoms with Crippen LogP contribution in [0, 0.1) is 6.20 Å². The van der Waals surface area contributed by atoms with Crippen LogP contribution in [-0.2, 0) is 0 Å². The molecule has 0 unspecified atom stereocenters. The molecule has 0 spiro atoms. The Morgan fingerprint density at radius 1 is 1.27 bits per heavy atom. The quantitative estimate of drug-likeness (QED) is 0.739. The van der Waals surface area contributed by atoms with E-state index in [0.29, 0.717) is 0 Å². The predicted molar refractivity (Wildman–Crippen MR) is 37.4 cm³/mol. The molecule has 0 aliphatic rings. The van der Waals surface area contributed by atoms with Crippen LogP contribution in [0.3, 0.4) is 0 Å². The molecule has 83 valence electrons. The zero-order valence-electron chi connectivity index (χ0n) is 7.05. The molecule has 0 saturated carbocycles. The Labute approximate surface area is 80.9 Å². The highest BCUT2D eigenvalue weighted by molar-refractivity contribution is 5.01. The number of hydrogen-bond acceptors (Lipinski definition) is 3. The van der Waals surface area contributed by atoms with Crippen LogP contribution in [0.1, 0.15) is 0 Å². The molecule has 1 heterocycles. The fraction of sp³-hybridized carbons (Fsp3) is 0.429. The van der Waals surface area contributed by atoms with E-state index in [1.165, 1.54) is 0 Å². The number of rotatable bonds is 3. The van der Waals surface area contributed by atoms with E-state index in [9.17, 15) is 22.0 Å². The first kappa shape index (κ1) is 11.6. The first-order chi connectivity index (χ1) is 6.83. The zero-order valence-corrected chi connectivity index (χ0v) is 7.05. The summed E-state index contributed by atoms with van der Waals surface area (Å²) in [6, 6.07) is 0. The summed E-state index contributed by atoms with van der Waals surface area (Å²) >= 11 is 0. The van der Waals surface area contributed by atoms with E-state index in [1.54, 1.807) is 0 Å². The van der Waals surface area contributed by atoms with E-state index in [0.717, 1.165) is 12.4 Å². The van der Waals surface area contributed by atoms with Crippen molar-refractivity contribution in [2.24, 2.45) is 0 Å². The standard InChI is InChI=1S/C7H4F5N2O/c8-6(9,7(10,11)12)4-15-5-3-13-1-2-14-5/h2-3H,4H2. The van der Waals surface area contributed by atoms with Crippen molar-refractivity contribution in [2.75, 3.05) is 6.61 Å². The highest BCUT2D eigenvalue weighted by Gasteiger charge is 2.58. The van der Waals surface area contributed by atoms with Gasteiger partial charge in [-0.3, -0.25) is 0 Å². The molecule has 0 aliphatic heterocycles. The maximum absolute atomic E-state index is 12.3. The predicted octanol–water partition coefficient (Wildman–Crippen LogP) is 1.85. The van der Waals surface area contributed by atoms with Gasteiger partial charge >= 0.3 is 12.1 Å². The summed E-state index contributed by atoms with van der Waals surface area (Å²) in [6.45, 7) is -1.82. The summed E-state index contributed by atoms with van der Waals surface area (Å²) in [6.07, 6.45) is -1.56. The molecule has 1 aromatic rings. The number of aromatic nitrogens is 2. The smallest absolute Gasteiger partial charge is 0.456 e. The average molecular weight is 227 g/mol. The van der Waals surface area contributed by atoms with Gasteiger partial charge in [-0.15, -0.1) is 0 Å². The number of hydrogen-bond donors (Lipinski definition) is 0. The molecule has 1 radical (unpaired) electrons. The van der Waals surface area contributed by atoms with Gasteiger partial charge in [0.25, 0.3) is 0 Å². The van der Waals surface area contributed by atoms with Crippen LogP contribution < -0.4 is 4.74 Å². The minimum absolute atomic E-state index is 0.419. The highest BCUT2D eigenvalue weighted by Crippen LogP contribution is 2.35. The van der Waals surface area contributed by atoms with Gasteiger partial charge in [-0.25, -0.2) is 9.97 Å². The summed E-state index contributed by atoms with van der Waals surface area (Å²) in [5, 5.41) is 0. The zero-order chi connectivity index (χ0) is 11.5. The third-order valence-corrected chi connectivity index (χ3v) is 1.32. The third-order valence-electron chi connectivity index (χ3n) is 1.32. The van der Waals surface area contributed by atoms with Gasteiger partial charge in [0.05, 0.1) is 12.4 Å². The second-order valence-corrected chi connectivity index (χ2v) is 2.47. The van der Waals surface area contributed by atoms with Gasteiger partial charge in [0.15, 0.2) is 6.61 Å². The largest absolute Gasteiger partial charge is 0.470 e. The van der Waals surface area contributed by atoms with Gasteiger partial charge in [0, 0.05) is 0 Å². The molecule has 0 saturated heterocycles. The first-order valence-corrected chi connectivity index (χ1v) is 3.58. The summed E-state index contributed by atoms with van der Waals surface area (Å²) in [7, 11) is 0. The van der Waals surface area contributed by atoms with E-state index in [1.807, 2.05) is 0 Å². The highest BCUT2D eigenvalue weighted by atomic mass is 19.4. The fourth-order valence-corrected chi connectivity index (χ4v) is 0.573. The lowest BCUT2D eigenvalue weighted by Crippen LogP contribution is -2.41. The third kappa shape index (κ3) is 3.00. The van der Waals surface area contributed by atoms with Crippen molar-refractivity contribution < 1.29 is 26.7 Å². The van der Waals surface area contributed by atoms with E-state index in [2.05, 4.69) is 20.9 Å². The molecule has 0 N–H and O–H groups in total. The Morgan fingerprint density at radius 2 is 1.93 bits per heavy atom. The molecular weight excluding hydrogens is 223 g/mol. The van der Waals surface area contributed by atoms with Crippen molar-refractivity contribution in [1.82, 2.24) is 9.97 Å². The molecule has 1 aromatic heterocycles. The lowest BCUT2D eigenvalue weighted by Gasteiger charge is -2.19. The topological polar surface area (TPSA) is 35.0 Å². The molecule has 0 atom stereocenters. The normalized spacial score (nSPS) is 12.6. The van der Waals surface area contributed by atoms with Crippen LogP contribution in [0.5, 0.6) is 5.88 Å². The van der Waals surface area contributed by atoms with Crippen LogP contribution in [0.2, 0.25) is 0 Å². The van der Waals surface area contributed by atoms with Crippen LogP contribution in [0.4, 0.5) is 22.0 Å². The van der Waals surface area contributed by atoms with Crippen molar-refractivity contribution in [1.29, 1.82) is 0 Å². The molecule has 1 rings (SSSR count). The van der Waals surface area contributed by atoms with Crippen LogP contribution in [0.15, 0.2) is 12.4 Å². The van der Waals surface area contributed by atoms with Crippen LogP contribution in [-0.4, -0.2) is 28.7 Å². The van der Waals surface area contributed by atoms with Crippen molar-refractivity contribution >= 4 is 0 Å². The Morgan fingerprint density at radius 3 is 2.40 bits per heavy atom. The second kappa shape index (κ2) is 3.95. The van der Waals surface area contributed by atoms with Crippen molar-refractivity contribution in [2.45, 2.75) is 12.1 Å². The van der Waals surface area contributed by atoms with E-state index >= 15 is 0 Å².